The molecule has 1 aromatic heterocycles. The lowest BCUT2D eigenvalue weighted by Crippen LogP contribution is -2.09. The predicted molar refractivity (Wildman–Crippen MR) is 92.0 cm³/mol. The molecule has 136 valence electrons. The number of benzene rings is 1. The van der Waals surface area contributed by atoms with E-state index in [2.05, 4.69) is 4.18 Å². The van der Waals surface area contributed by atoms with Crippen LogP contribution in [0.25, 0.3) is 11.0 Å². The van der Waals surface area contributed by atoms with E-state index in [1.54, 1.807) is 6.07 Å². The molecule has 3 rings (SSSR count). The molecule has 1 heterocycles. The Morgan fingerprint density at radius 3 is 2.60 bits per heavy atom. The van der Waals surface area contributed by atoms with Crippen LogP contribution in [0, 0.1) is 0 Å². The van der Waals surface area contributed by atoms with Crippen LogP contribution in [0.2, 0.25) is 0 Å². The van der Waals surface area contributed by atoms with Crippen molar-refractivity contribution in [2.45, 2.75) is 25.7 Å². The summed E-state index contributed by atoms with van der Waals surface area (Å²) in [4.78, 5) is 12.0. The molecule has 0 fully saturated rings. The first-order valence-electron chi connectivity index (χ1n) is 8.03. The molecule has 0 atom stereocenters. The van der Waals surface area contributed by atoms with Gasteiger partial charge in [0, 0.05) is 23.4 Å². The van der Waals surface area contributed by atoms with Gasteiger partial charge >= 0.3 is 5.63 Å². The van der Waals surface area contributed by atoms with Gasteiger partial charge in [0.2, 0.25) is 0 Å². The molecule has 1 aliphatic carbocycles. The topological polar surface area (TPSA) is 92.0 Å². The second-order valence-corrected chi connectivity index (χ2v) is 7.57. The van der Waals surface area contributed by atoms with Gasteiger partial charge in [0.25, 0.3) is 10.1 Å². The van der Waals surface area contributed by atoms with E-state index in [9.17, 15) is 13.2 Å². The molecule has 0 saturated heterocycles. The van der Waals surface area contributed by atoms with Crippen molar-refractivity contribution in [2.24, 2.45) is 0 Å². The molecule has 1 aliphatic rings. The molecule has 0 unspecified atom stereocenters. The molecule has 0 saturated carbocycles. The largest absolute Gasteiger partial charge is 0.493 e. The van der Waals surface area contributed by atoms with Crippen LogP contribution in [0.5, 0.6) is 11.5 Å². The fourth-order valence-electron chi connectivity index (χ4n) is 3.01. The van der Waals surface area contributed by atoms with Gasteiger partial charge in [-0.1, -0.05) is 0 Å². The van der Waals surface area contributed by atoms with Crippen LogP contribution in [-0.4, -0.2) is 35.0 Å². The van der Waals surface area contributed by atoms with Crippen LogP contribution in [-0.2, 0) is 27.1 Å². The van der Waals surface area contributed by atoms with Crippen molar-refractivity contribution in [3.8, 4) is 11.5 Å². The lowest BCUT2D eigenvalue weighted by Gasteiger charge is -2.13. The Morgan fingerprint density at radius 1 is 1.12 bits per heavy atom. The van der Waals surface area contributed by atoms with Crippen molar-refractivity contribution in [3.63, 3.8) is 0 Å². The zero-order valence-electron chi connectivity index (χ0n) is 14.2. The smallest absolute Gasteiger partial charge is 0.339 e. The predicted octanol–water partition coefficient (Wildman–Crippen LogP) is 2.04. The van der Waals surface area contributed by atoms with Crippen LogP contribution >= 0.6 is 0 Å². The molecule has 0 spiro atoms. The van der Waals surface area contributed by atoms with Crippen LogP contribution in [0.15, 0.2) is 21.3 Å². The van der Waals surface area contributed by atoms with E-state index < -0.39 is 10.1 Å². The van der Waals surface area contributed by atoms with Gasteiger partial charge in [-0.25, -0.2) is 4.79 Å². The average molecular weight is 368 g/mol. The highest BCUT2D eigenvalue weighted by atomic mass is 32.2. The SMILES string of the molecule is COc1cc2oc(=O)c3c(c2cc1OCCCOS(C)(=O)=O)CCC3. The maximum Gasteiger partial charge on any atom is 0.339 e. The molecule has 8 heteroatoms. The summed E-state index contributed by atoms with van der Waals surface area (Å²) in [6.07, 6.45) is 3.93. The van der Waals surface area contributed by atoms with Crippen LogP contribution in [0.4, 0.5) is 0 Å². The number of hydrogen-bond acceptors (Lipinski definition) is 7. The second-order valence-electron chi connectivity index (χ2n) is 5.93. The van der Waals surface area contributed by atoms with Crippen molar-refractivity contribution in [1.82, 2.24) is 0 Å². The summed E-state index contributed by atoms with van der Waals surface area (Å²) in [5.74, 6) is 0.981. The zero-order chi connectivity index (χ0) is 18.0. The third-order valence-corrected chi connectivity index (χ3v) is 4.70. The number of ether oxygens (including phenoxy) is 2. The maximum atomic E-state index is 12.0. The molecule has 25 heavy (non-hydrogen) atoms. The van der Waals surface area contributed by atoms with E-state index in [0.29, 0.717) is 23.5 Å². The quantitative estimate of drug-likeness (QED) is 0.419. The minimum absolute atomic E-state index is 0.0546. The first-order chi connectivity index (χ1) is 11.9. The van der Waals surface area contributed by atoms with Crippen molar-refractivity contribution >= 4 is 21.1 Å². The fourth-order valence-corrected chi connectivity index (χ4v) is 3.43. The Labute approximate surface area is 145 Å². The van der Waals surface area contributed by atoms with Gasteiger partial charge in [-0.05, 0) is 30.9 Å². The normalized spacial score (nSPS) is 13.8. The Kier molecular flexibility index (Phi) is 5.01. The molecule has 0 amide bonds. The Balaban J connectivity index is 1.82. The van der Waals surface area contributed by atoms with E-state index in [1.807, 2.05) is 6.07 Å². The van der Waals surface area contributed by atoms with Gasteiger partial charge in [0.15, 0.2) is 11.5 Å². The highest BCUT2D eigenvalue weighted by molar-refractivity contribution is 7.85. The monoisotopic (exact) mass is 368 g/mol. The Bertz CT molecular complexity index is 944. The van der Waals surface area contributed by atoms with Gasteiger partial charge in [-0.3, -0.25) is 4.18 Å². The molecule has 0 bridgehead atoms. The summed E-state index contributed by atoms with van der Waals surface area (Å²) >= 11 is 0. The number of rotatable bonds is 7. The van der Waals surface area contributed by atoms with Gasteiger partial charge in [-0.2, -0.15) is 8.42 Å². The third kappa shape index (κ3) is 3.96. The zero-order valence-corrected chi connectivity index (χ0v) is 15.0. The second kappa shape index (κ2) is 7.05. The molecule has 0 radical (unpaired) electrons. The minimum atomic E-state index is -3.44. The van der Waals surface area contributed by atoms with Crippen LogP contribution in [0.1, 0.15) is 24.0 Å². The van der Waals surface area contributed by atoms with Gasteiger partial charge in [0.05, 0.1) is 26.6 Å². The Morgan fingerprint density at radius 2 is 1.88 bits per heavy atom. The molecular weight excluding hydrogens is 348 g/mol. The van der Waals surface area contributed by atoms with Gasteiger partial charge in [0.1, 0.15) is 5.58 Å². The van der Waals surface area contributed by atoms with Gasteiger partial charge in [-0.15, -0.1) is 0 Å². The third-order valence-electron chi connectivity index (χ3n) is 4.10. The van der Waals surface area contributed by atoms with E-state index >= 15 is 0 Å². The molecule has 0 aliphatic heterocycles. The van der Waals surface area contributed by atoms with E-state index in [0.717, 1.165) is 42.0 Å². The molecule has 2 aromatic rings. The first-order valence-corrected chi connectivity index (χ1v) is 9.84. The molecule has 1 aromatic carbocycles. The summed E-state index contributed by atoms with van der Waals surface area (Å²) in [6.45, 7) is 0.329. The van der Waals surface area contributed by atoms with Crippen molar-refractivity contribution in [2.75, 3.05) is 26.6 Å². The maximum absolute atomic E-state index is 12.0. The summed E-state index contributed by atoms with van der Waals surface area (Å²) in [7, 11) is -1.94. The van der Waals surface area contributed by atoms with Crippen LogP contribution < -0.4 is 15.1 Å². The standard InChI is InChI=1S/C17H20O7S/c1-21-15-10-14-13(11-5-3-6-12(11)17(18)24-14)9-16(15)22-7-4-8-23-25(2,19)20/h9-10H,3-8H2,1-2H3. The van der Waals surface area contributed by atoms with Crippen molar-refractivity contribution < 1.29 is 26.5 Å². The highest BCUT2D eigenvalue weighted by Crippen LogP contribution is 2.36. The number of fused-ring (bicyclic) bond motifs is 3. The van der Waals surface area contributed by atoms with Crippen molar-refractivity contribution in [3.05, 3.63) is 33.7 Å². The van der Waals surface area contributed by atoms with Crippen LogP contribution in [0.3, 0.4) is 0 Å². The first kappa shape index (κ1) is 17.8. The van der Waals surface area contributed by atoms with E-state index in [-0.39, 0.29) is 18.8 Å². The molecule has 7 nitrogen and oxygen atoms in total. The lowest BCUT2D eigenvalue weighted by atomic mass is 10.1. The molecular formula is C17H20O7S. The van der Waals surface area contributed by atoms with Crippen molar-refractivity contribution in [1.29, 1.82) is 0 Å². The lowest BCUT2D eigenvalue weighted by molar-refractivity contribution is 0.244. The summed E-state index contributed by atoms with van der Waals surface area (Å²) in [6, 6.07) is 3.47. The average Bonchev–Trinajstić information content (AvgIpc) is 3.04. The summed E-state index contributed by atoms with van der Waals surface area (Å²) in [5.41, 5.74) is 1.95. The molecule has 0 N–H and O–H groups in total. The fraction of sp³-hybridized carbons (Fsp3) is 0.471. The number of methoxy groups -OCH3 is 1. The summed E-state index contributed by atoms with van der Waals surface area (Å²) < 4.78 is 43.0. The minimum Gasteiger partial charge on any atom is -0.493 e. The summed E-state index contributed by atoms with van der Waals surface area (Å²) in [5, 5.41) is 0.857. The van der Waals surface area contributed by atoms with E-state index in [1.165, 1.54) is 7.11 Å². The number of aryl methyl sites for hydroxylation is 1. The highest BCUT2D eigenvalue weighted by Gasteiger charge is 2.21. The Hall–Kier alpha value is -2.06. The number of hydrogen-bond donors (Lipinski definition) is 0. The van der Waals surface area contributed by atoms with Gasteiger partial charge < -0.3 is 13.9 Å². The van der Waals surface area contributed by atoms with E-state index in [4.69, 9.17) is 13.9 Å².